The quantitative estimate of drug-likeness (QED) is 0.640. The van der Waals surface area contributed by atoms with Crippen LogP contribution in [0.3, 0.4) is 0 Å². The van der Waals surface area contributed by atoms with Crippen molar-refractivity contribution in [1.82, 2.24) is 0 Å². The molecular formula is C9H5Cl2NO. The van der Waals surface area contributed by atoms with Gasteiger partial charge in [-0.2, -0.15) is 0 Å². The first-order chi connectivity index (χ1) is 6.16. The lowest BCUT2D eigenvalue weighted by Gasteiger charge is -2.00. The summed E-state index contributed by atoms with van der Waals surface area (Å²) >= 11 is 11.7. The highest BCUT2D eigenvalue weighted by atomic mass is 35.5. The minimum absolute atomic E-state index is 0.161. The second kappa shape index (κ2) is 3.13. The second-order valence-electron chi connectivity index (χ2n) is 2.73. The van der Waals surface area contributed by atoms with Gasteiger partial charge >= 0.3 is 0 Å². The Labute approximate surface area is 84.5 Å². The maximum Gasteiger partial charge on any atom is 0.250 e. The highest BCUT2D eigenvalue weighted by molar-refractivity contribution is 6.34. The van der Waals surface area contributed by atoms with Crippen LogP contribution in [-0.2, 0) is 4.79 Å². The minimum atomic E-state index is -0.161. The van der Waals surface area contributed by atoms with Gasteiger partial charge in [-0.25, -0.2) is 4.99 Å². The summed E-state index contributed by atoms with van der Waals surface area (Å²) in [6, 6.07) is 3.28. The van der Waals surface area contributed by atoms with Gasteiger partial charge in [0, 0.05) is 16.7 Å². The molecule has 0 radical (unpaired) electrons. The van der Waals surface area contributed by atoms with Gasteiger partial charge in [-0.15, -0.1) is 0 Å². The Hall–Kier alpha value is -0.860. The van der Waals surface area contributed by atoms with Crippen molar-refractivity contribution in [3.05, 3.63) is 32.8 Å². The van der Waals surface area contributed by atoms with E-state index in [0.29, 0.717) is 21.8 Å². The van der Waals surface area contributed by atoms with Crippen LogP contribution < -0.4 is 10.6 Å². The number of carbonyl (C=O) groups is 1. The number of hydrogen-bond acceptors (Lipinski definition) is 1. The molecule has 13 heavy (non-hydrogen) atoms. The molecule has 0 unspecified atom stereocenters. The molecule has 2 rings (SSSR count). The van der Waals surface area contributed by atoms with Crippen LogP contribution in [0.15, 0.2) is 17.1 Å². The topological polar surface area (TPSA) is 29.4 Å². The van der Waals surface area contributed by atoms with Crippen molar-refractivity contribution >= 4 is 35.2 Å². The largest absolute Gasteiger partial charge is 0.272 e. The molecule has 0 bridgehead atoms. The smallest absolute Gasteiger partial charge is 0.250 e. The maximum atomic E-state index is 11.0. The second-order valence-corrected chi connectivity index (χ2v) is 3.58. The third kappa shape index (κ3) is 1.60. The van der Waals surface area contributed by atoms with E-state index in [0.717, 1.165) is 5.22 Å². The van der Waals surface area contributed by atoms with Crippen molar-refractivity contribution in [3.8, 4) is 0 Å². The van der Waals surface area contributed by atoms with Crippen LogP contribution in [0.4, 0.5) is 0 Å². The van der Waals surface area contributed by atoms with Crippen molar-refractivity contribution in [2.75, 3.05) is 0 Å². The van der Waals surface area contributed by atoms with Gasteiger partial charge in [0.1, 0.15) is 0 Å². The third-order valence-corrected chi connectivity index (χ3v) is 2.33. The Morgan fingerprint density at radius 2 is 2.08 bits per heavy atom. The molecule has 0 saturated carbocycles. The van der Waals surface area contributed by atoms with Crippen LogP contribution in [0, 0.1) is 0 Å². The molecule has 0 fully saturated rings. The fraction of sp³-hybridized carbons (Fsp3) is 0.111. The highest BCUT2D eigenvalue weighted by Gasteiger charge is 2.05. The first kappa shape index (κ1) is 8.73. The van der Waals surface area contributed by atoms with E-state index in [1.165, 1.54) is 0 Å². The van der Waals surface area contributed by atoms with Gasteiger partial charge in [-0.1, -0.05) is 29.3 Å². The molecule has 1 aliphatic rings. The number of nitrogens with zero attached hydrogens (tertiary/aromatic N) is 1. The van der Waals surface area contributed by atoms with Crippen molar-refractivity contribution in [2.24, 2.45) is 4.99 Å². The van der Waals surface area contributed by atoms with E-state index in [1.807, 2.05) is 0 Å². The van der Waals surface area contributed by atoms with Crippen LogP contribution in [0.5, 0.6) is 0 Å². The summed E-state index contributed by atoms with van der Waals surface area (Å²) in [5.74, 6) is -0.161. The van der Waals surface area contributed by atoms with Gasteiger partial charge in [0.25, 0.3) is 0 Å². The Morgan fingerprint density at radius 3 is 2.85 bits per heavy atom. The highest BCUT2D eigenvalue weighted by Crippen LogP contribution is 2.09. The van der Waals surface area contributed by atoms with Crippen molar-refractivity contribution in [3.63, 3.8) is 0 Å². The van der Waals surface area contributed by atoms with E-state index >= 15 is 0 Å². The standard InChI is InChI=1S/C9H5Cl2NO/c10-5-3-7(11)6-1-2-9(13)12-8(6)4-5/h1,3-4H,2H2. The normalized spacial score (nSPS) is 14.5. The minimum Gasteiger partial charge on any atom is -0.272 e. The zero-order valence-corrected chi connectivity index (χ0v) is 8.06. The van der Waals surface area contributed by atoms with Crippen LogP contribution in [0.1, 0.15) is 6.42 Å². The molecule has 0 aliphatic carbocycles. The number of carbonyl (C=O) groups excluding carboxylic acids is 1. The molecule has 1 aliphatic heterocycles. The van der Waals surface area contributed by atoms with Crippen LogP contribution in [0.25, 0.3) is 6.08 Å². The number of rotatable bonds is 0. The molecule has 1 aromatic rings. The summed E-state index contributed by atoms with van der Waals surface area (Å²) in [4.78, 5) is 14.8. The number of halogens is 2. The number of hydrogen-bond donors (Lipinski definition) is 0. The van der Waals surface area contributed by atoms with Gasteiger partial charge < -0.3 is 0 Å². The number of benzene rings is 1. The fourth-order valence-electron chi connectivity index (χ4n) is 1.24. The third-order valence-electron chi connectivity index (χ3n) is 1.80. The SMILES string of the molecule is O=C1CC=c2c(Cl)cc(Cl)cc2=N1. The Morgan fingerprint density at radius 1 is 1.31 bits per heavy atom. The zero-order valence-electron chi connectivity index (χ0n) is 6.55. The molecule has 0 aromatic heterocycles. The van der Waals surface area contributed by atoms with Crippen LogP contribution >= 0.6 is 23.2 Å². The molecule has 66 valence electrons. The van der Waals surface area contributed by atoms with Gasteiger partial charge in [-0.3, -0.25) is 4.79 Å². The van der Waals surface area contributed by atoms with E-state index < -0.39 is 0 Å². The fourth-order valence-corrected chi connectivity index (χ4v) is 1.79. The summed E-state index contributed by atoms with van der Waals surface area (Å²) in [5, 5.41) is 2.40. The Kier molecular flexibility index (Phi) is 2.10. The Bertz CT molecular complexity index is 493. The van der Waals surface area contributed by atoms with Crippen LogP contribution in [0.2, 0.25) is 10.0 Å². The summed E-state index contributed by atoms with van der Waals surface area (Å²) in [7, 11) is 0. The maximum absolute atomic E-state index is 11.0. The van der Waals surface area contributed by atoms with Crippen molar-refractivity contribution in [2.45, 2.75) is 6.42 Å². The van der Waals surface area contributed by atoms with E-state index in [1.54, 1.807) is 18.2 Å². The van der Waals surface area contributed by atoms with Gasteiger partial charge in [0.05, 0.1) is 10.4 Å². The number of fused-ring (bicyclic) bond motifs is 1. The average Bonchev–Trinajstić information content (AvgIpc) is 2.02. The molecule has 2 nitrogen and oxygen atoms in total. The summed E-state index contributed by atoms with van der Waals surface area (Å²) in [5.41, 5.74) is 0. The monoisotopic (exact) mass is 213 g/mol. The van der Waals surface area contributed by atoms with E-state index in [9.17, 15) is 4.79 Å². The first-order valence-corrected chi connectivity index (χ1v) is 4.49. The molecular weight excluding hydrogens is 209 g/mol. The predicted molar refractivity (Wildman–Crippen MR) is 51.3 cm³/mol. The molecule has 1 heterocycles. The van der Waals surface area contributed by atoms with Crippen molar-refractivity contribution in [1.29, 1.82) is 0 Å². The lowest BCUT2D eigenvalue weighted by molar-refractivity contribution is -0.117. The Balaban J connectivity index is 2.88. The van der Waals surface area contributed by atoms with Gasteiger partial charge in [0.2, 0.25) is 5.91 Å². The molecule has 0 N–H and O–H groups in total. The molecule has 0 saturated heterocycles. The lowest BCUT2D eigenvalue weighted by atomic mass is 10.2. The molecule has 0 spiro atoms. The molecule has 1 aromatic carbocycles. The van der Waals surface area contributed by atoms with Crippen LogP contribution in [-0.4, -0.2) is 5.91 Å². The number of amides is 1. The summed E-state index contributed by atoms with van der Waals surface area (Å²) in [6.45, 7) is 0. The lowest BCUT2D eigenvalue weighted by Crippen LogP contribution is -2.30. The van der Waals surface area contributed by atoms with Crippen molar-refractivity contribution < 1.29 is 4.79 Å². The van der Waals surface area contributed by atoms with E-state index in [-0.39, 0.29) is 5.91 Å². The first-order valence-electron chi connectivity index (χ1n) is 3.73. The molecule has 1 amide bonds. The van der Waals surface area contributed by atoms with Gasteiger partial charge in [0.15, 0.2) is 0 Å². The average molecular weight is 214 g/mol. The molecule has 0 atom stereocenters. The predicted octanol–water partition coefficient (Wildman–Crippen LogP) is 1.32. The molecule has 4 heteroatoms. The zero-order chi connectivity index (χ0) is 9.42. The van der Waals surface area contributed by atoms with E-state index in [2.05, 4.69) is 4.99 Å². The van der Waals surface area contributed by atoms with E-state index in [4.69, 9.17) is 23.2 Å². The van der Waals surface area contributed by atoms with Gasteiger partial charge in [-0.05, 0) is 12.1 Å². The summed E-state index contributed by atoms with van der Waals surface area (Å²) in [6.07, 6.45) is 2.08. The summed E-state index contributed by atoms with van der Waals surface area (Å²) < 4.78 is 0.